The van der Waals surface area contributed by atoms with Gasteiger partial charge in [0.25, 0.3) is 0 Å². The van der Waals surface area contributed by atoms with Gasteiger partial charge < -0.3 is 9.47 Å². The highest BCUT2D eigenvalue weighted by Gasteiger charge is 2.41. The second-order valence-corrected chi connectivity index (χ2v) is 16.1. The predicted molar refractivity (Wildman–Crippen MR) is 228 cm³/mol. The third-order valence-corrected chi connectivity index (χ3v) is 12.5. The van der Waals surface area contributed by atoms with Crippen molar-refractivity contribution in [2.45, 2.75) is 38.5 Å². The van der Waals surface area contributed by atoms with E-state index in [4.69, 9.17) is 0 Å². The number of aromatic nitrogens is 1. The molecule has 0 unspecified atom stereocenters. The van der Waals surface area contributed by atoms with E-state index in [2.05, 4.69) is 207 Å². The molecule has 0 atom stereocenters. The molecule has 0 amide bonds. The minimum Gasteiger partial charge on any atom is -0.310 e. The van der Waals surface area contributed by atoms with Crippen LogP contribution in [0.25, 0.3) is 60.5 Å². The van der Waals surface area contributed by atoms with E-state index in [1.54, 1.807) is 0 Å². The van der Waals surface area contributed by atoms with E-state index >= 15 is 0 Å². The summed E-state index contributed by atoms with van der Waals surface area (Å²) in [5.74, 6) is 0. The Morgan fingerprint density at radius 2 is 1.00 bits per heavy atom. The molecule has 1 heterocycles. The second kappa shape index (κ2) is 11.1. The van der Waals surface area contributed by atoms with E-state index in [0.29, 0.717) is 0 Å². The highest BCUT2D eigenvalue weighted by atomic mass is 15.2. The Balaban J connectivity index is 1.19. The van der Waals surface area contributed by atoms with Gasteiger partial charge in [-0.1, -0.05) is 155 Å². The van der Waals surface area contributed by atoms with E-state index in [1.807, 2.05) is 0 Å². The Morgan fingerprint density at radius 1 is 0.426 bits per heavy atom. The van der Waals surface area contributed by atoms with E-state index in [0.717, 1.165) is 5.69 Å². The Hall–Kier alpha value is -6.38. The fourth-order valence-corrected chi connectivity index (χ4v) is 10.1. The molecule has 2 nitrogen and oxygen atoms in total. The third kappa shape index (κ3) is 4.11. The Bertz CT molecular complexity index is 2960. The van der Waals surface area contributed by atoms with Crippen LogP contribution in [-0.2, 0) is 10.8 Å². The summed E-state index contributed by atoms with van der Waals surface area (Å²) in [4.78, 5) is 2.57. The van der Waals surface area contributed by atoms with E-state index in [-0.39, 0.29) is 10.8 Å². The van der Waals surface area contributed by atoms with Crippen LogP contribution in [0.3, 0.4) is 0 Å². The molecule has 0 aliphatic heterocycles. The zero-order valence-corrected chi connectivity index (χ0v) is 31.1. The van der Waals surface area contributed by atoms with Gasteiger partial charge in [0.15, 0.2) is 0 Å². The summed E-state index contributed by atoms with van der Waals surface area (Å²) in [6.45, 7) is 9.53. The van der Waals surface area contributed by atoms with Gasteiger partial charge in [0.1, 0.15) is 0 Å². The van der Waals surface area contributed by atoms with Crippen LogP contribution in [-0.4, -0.2) is 4.57 Å². The van der Waals surface area contributed by atoms with Gasteiger partial charge >= 0.3 is 0 Å². The molecule has 0 bridgehead atoms. The average molecular weight is 693 g/mol. The predicted octanol–water partition coefficient (Wildman–Crippen LogP) is 14.0. The summed E-state index contributed by atoms with van der Waals surface area (Å²) in [7, 11) is 0. The van der Waals surface area contributed by atoms with Crippen LogP contribution in [0.5, 0.6) is 0 Å². The van der Waals surface area contributed by atoms with Crippen LogP contribution in [0.4, 0.5) is 17.1 Å². The Morgan fingerprint density at radius 3 is 1.76 bits per heavy atom. The second-order valence-electron chi connectivity index (χ2n) is 16.1. The Labute approximate surface area is 316 Å². The van der Waals surface area contributed by atoms with Crippen molar-refractivity contribution in [3.05, 3.63) is 192 Å². The molecule has 2 heteroatoms. The van der Waals surface area contributed by atoms with Crippen molar-refractivity contribution < 1.29 is 0 Å². The lowest BCUT2D eigenvalue weighted by molar-refractivity contribution is 0.659. The maximum absolute atomic E-state index is 2.57. The molecule has 0 saturated carbocycles. The van der Waals surface area contributed by atoms with Crippen LogP contribution >= 0.6 is 0 Å². The normalized spacial score (nSPS) is 14.6. The molecular formula is C52H40N2. The molecular weight excluding hydrogens is 653 g/mol. The van der Waals surface area contributed by atoms with Gasteiger partial charge in [-0.25, -0.2) is 0 Å². The molecule has 0 spiro atoms. The van der Waals surface area contributed by atoms with Crippen molar-refractivity contribution in [2.75, 3.05) is 4.90 Å². The Kier molecular flexibility index (Phi) is 6.39. The van der Waals surface area contributed by atoms with Crippen LogP contribution in [0, 0.1) is 0 Å². The first-order valence-electron chi connectivity index (χ1n) is 19.1. The number of rotatable bonds is 4. The minimum absolute atomic E-state index is 0.109. The molecule has 0 fully saturated rings. The first kappa shape index (κ1) is 31.2. The van der Waals surface area contributed by atoms with Crippen LogP contribution in [0.1, 0.15) is 49.9 Å². The van der Waals surface area contributed by atoms with Gasteiger partial charge in [0.05, 0.1) is 28.1 Å². The minimum atomic E-state index is -0.184. The van der Waals surface area contributed by atoms with Crippen molar-refractivity contribution in [2.24, 2.45) is 0 Å². The molecule has 54 heavy (non-hydrogen) atoms. The average Bonchev–Trinajstić information content (AvgIpc) is 3.75. The number of para-hydroxylation sites is 2. The smallest absolute Gasteiger partial charge is 0.0543 e. The molecule has 0 N–H and O–H groups in total. The lowest BCUT2D eigenvalue weighted by Crippen LogP contribution is -2.21. The fourth-order valence-electron chi connectivity index (χ4n) is 10.1. The van der Waals surface area contributed by atoms with Crippen molar-refractivity contribution in [3.8, 4) is 27.9 Å². The van der Waals surface area contributed by atoms with Crippen LogP contribution < -0.4 is 4.90 Å². The van der Waals surface area contributed by atoms with Crippen LogP contribution in [0.2, 0.25) is 0 Å². The lowest BCUT2D eigenvalue weighted by Gasteiger charge is -2.34. The number of anilines is 3. The summed E-state index contributed by atoms with van der Waals surface area (Å²) in [5, 5.41) is 4.98. The molecule has 8 aromatic carbocycles. The summed E-state index contributed by atoms with van der Waals surface area (Å²) in [5.41, 5.74) is 17.7. The molecule has 11 rings (SSSR count). The summed E-state index contributed by atoms with van der Waals surface area (Å²) in [6, 6.07) is 63.2. The molecule has 0 saturated heterocycles. The molecule has 0 radical (unpaired) electrons. The van der Waals surface area contributed by atoms with Crippen molar-refractivity contribution in [1.29, 1.82) is 0 Å². The van der Waals surface area contributed by atoms with Crippen LogP contribution in [0.15, 0.2) is 170 Å². The van der Waals surface area contributed by atoms with E-state index in [1.165, 1.54) is 94.1 Å². The number of benzene rings is 8. The maximum atomic E-state index is 2.57. The number of nitrogens with zero attached hydrogens (tertiary/aromatic N) is 2. The maximum Gasteiger partial charge on any atom is 0.0543 e. The lowest BCUT2D eigenvalue weighted by atomic mass is 9.81. The quantitative estimate of drug-likeness (QED) is 0.178. The van der Waals surface area contributed by atoms with E-state index < -0.39 is 0 Å². The number of fused-ring (bicyclic) bond motifs is 10. The largest absolute Gasteiger partial charge is 0.310 e. The van der Waals surface area contributed by atoms with Crippen molar-refractivity contribution in [3.63, 3.8) is 0 Å². The third-order valence-electron chi connectivity index (χ3n) is 12.5. The van der Waals surface area contributed by atoms with Gasteiger partial charge in [-0.15, -0.1) is 0 Å². The highest BCUT2D eigenvalue weighted by molar-refractivity contribution is 6.11. The molecule has 1 aromatic heterocycles. The van der Waals surface area contributed by atoms with Gasteiger partial charge in [0, 0.05) is 38.2 Å². The standard InChI is InChI=1S/C52H40N2/c1-51(2)42-23-10-6-20-40(42)49-43(51)24-15-28-47(49)53(48-29-14-21-39-36-17-5-9-22-41(36)52(3,4)50(39)48)34-30-31-35-33(32-34)16-13-27-44(35)54-45-25-11-7-18-37(45)38-19-8-12-26-46(38)54/h5-32H,1-4H3. The van der Waals surface area contributed by atoms with Crippen molar-refractivity contribution in [1.82, 2.24) is 4.57 Å². The van der Waals surface area contributed by atoms with Gasteiger partial charge in [-0.3, -0.25) is 0 Å². The first-order valence-corrected chi connectivity index (χ1v) is 19.1. The molecule has 2 aliphatic rings. The zero-order chi connectivity index (χ0) is 36.3. The first-order chi connectivity index (χ1) is 26.3. The fraction of sp³-hybridized carbons (Fsp3) is 0.115. The topological polar surface area (TPSA) is 8.17 Å². The van der Waals surface area contributed by atoms with Crippen molar-refractivity contribution >= 4 is 49.6 Å². The zero-order valence-electron chi connectivity index (χ0n) is 31.1. The number of hydrogen-bond acceptors (Lipinski definition) is 1. The van der Waals surface area contributed by atoms with Gasteiger partial charge in [-0.2, -0.15) is 0 Å². The number of hydrogen-bond donors (Lipinski definition) is 0. The summed E-state index contributed by atoms with van der Waals surface area (Å²) in [6.07, 6.45) is 0. The van der Waals surface area contributed by atoms with Gasteiger partial charge in [0.2, 0.25) is 0 Å². The summed E-state index contributed by atoms with van der Waals surface area (Å²) < 4.78 is 2.44. The molecule has 258 valence electrons. The van der Waals surface area contributed by atoms with Gasteiger partial charge in [-0.05, 0) is 86.8 Å². The molecule has 2 aliphatic carbocycles. The monoisotopic (exact) mass is 692 g/mol. The SMILES string of the molecule is CC1(C)c2ccccc2-c2c(N(c3ccc4c(-n5c6ccccc6c6ccccc65)cccc4c3)c3cccc4c3C(C)(C)c3ccccc3-4)cccc21. The van der Waals surface area contributed by atoms with E-state index in [9.17, 15) is 0 Å². The highest BCUT2D eigenvalue weighted by Crippen LogP contribution is 2.58. The summed E-state index contributed by atoms with van der Waals surface area (Å²) >= 11 is 0. The molecule has 9 aromatic rings.